The number of anilines is 1. The van der Waals surface area contributed by atoms with Crippen molar-refractivity contribution in [1.82, 2.24) is 19.9 Å². The first-order valence-corrected chi connectivity index (χ1v) is 8.02. The molecule has 0 atom stereocenters. The third-order valence-electron chi connectivity index (χ3n) is 3.94. The molecule has 7 nitrogen and oxygen atoms in total. The molecule has 2 aromatic heterocycles. The Morgan fingerprint density at radius 2 is 1.77 bits per heavy atom. The van der Waals surface area contributed by atoms with E-state index in [2.05, 4.69) is 25.3 Å². The Bertz CT molecular complexity index is 1140. The Hall–Kier alpha value is -3.92. The fourth-order valence-electron chi connectivity index (χ4n) is 2.72. The van der Waals surface area contributed by atoms with Crippen molar-refractivity contribution in [2.24, 2.45) is 0 Å². The van der Waals surface area contributed by atoms with E-state index in [4.69, 9.17) is 0 Å². The number of H-pyrrole nitrogens is 2. The highest BCUT2D eigenvalue weighted by Crippen LogP contribution is 2.19. The van der Waals surface area contributed by atoms with E-state index in [1.165, 1.54) is 0 Å². The van der Waals surface area contributed by atoms with Crippen molar-refractivity contribution in [1.29, 1.82) is 5.26 Å². The molecule has 0 saturated heterocycles. The zero-order chi connectivity index (χ0) is 17.9. The predicted octanol–water partition coefficient (Wildman–Crippen LogP) is 2.80. The minimum atomic E-state index is -0.478. The van der Waals surface area contributed by atoms with Crippen molar-refractivity contribution in [3.05, 3.63) is 76.3 Å². The summed E-state index contributed by atoms with van der Waals surface area (Å²) in [4.78, 5) is 26.9. The van der Waals surface area contributed by atoms with Crippen molar-refractivity contribution >= 4 is 17.0 Å². The second-order valence-corrected chi connectivity index (χ2v) is 5.67. The first kappa shape index (κ1) is 15.6. The van der Waals surface area contributed by atoms with E-state index in [0.29, 0.717) is 17.8 Å². The van der Waals surface area contributed by atoms with Gasteiger partial charge < -0.3 is 10.3 Å². The maximum atomic E-state index is 12.2. The van der Waals surface area contributed by atoms with Crippen LogP contribution in [0.2, 0.25) is 0 Å². The van der Waals surface area contributed by atoms with Gasteiger partial charge in [0.05, 0.1) is 23.3 Å². The third-order valence-corrected chi connectivity index (χ3v) is 3.94. The molecule has 2 heterocycles. The lowest BCUT2D eigenvalue weighted by molar-refractivity contribution is 0.968. The molecule has 26 heavy (non-hydrogen) atoms. The average molecular weight is 342 g/mol. The summed E-state index contributed by atoms with van der Waals surface area (Å²) in [7, 11) is 0. The SMILES string of the molecule is N#Cc1c(-c2ccccc2)nc(NCc2nc3ccccc3[nH]2)[nH]c1=O. The Kier molecular flexibility index (Phi) is 3.92. The second-order valence-electron chi connectivity index (χ2n) is 5.67. The van der Waals surface area contributed by atoms with Crippen LogP contribution >= 0.6 is 0 Å². The number of hydrogen-bond acceptors (Lipinski definition) is 5. The summed E-state index contributed by atoms with van der Waals surface area (Å²) in [6.07, 6.45) is 0. The number of aromatic nitrogens is 4. The Balaban J connectivity index is 1.65. The van der Waals surface area contributed by atoms with Crippen LogP contribution in [-0.2, 0) is 6.54 Å². The first-order chi connectivity index (χ1) is 12.7. The highest BCUT2D eigenvalue weighted by molar-refractivity contribution is 5.74. The lowest BCUT2D eigenvalue weighted by Gasteiger charge is -2.07. The minimum absolute atomic E-state index is 0.00881. The summed E-state index contributed by atoms with van der Waals surface area (Å²) in [5, 5.41) is 12.3. The van der Waals surface area contributed by atoms with Crippen LogP contribution in [0.5, 0.6) is 0 Å². The average Bonchev–Trinajstić information content (AvgIpc) is 3.09. The molecule has 3 N–H and O–H groups in total. The van der Waals surface area contributed by atoms with Crippen LogP contribution in [0, 0.1) is 11.3 Å². The third kappa shape index (κ3) is 2.91. The number of para-hydroxylation sites is 2. The quantitative estimate of drug-likeness (QED) is 0.528. The van der Waals surface area contributed by atoms with Gasteiger partial charge in [0, 0.05) is 5.56 Å². The Morgan fingerprint density at radius 3 is 2.54 bits per heavy atom. The Morgan fingerprint density at radius 1 is 1.00 bits per heavy atom. The number of benzene rings is 2. The fraction of sp³-hybridized carbons (Fsp3) is 0.0526. The highest BCUT2D eigenvalue weighted by atomic mass is 16.1. The van der Waals surface area contributed by atoms with Gasteiger partial charge in [0.15, 0.2) is 0 Å². The van der Waals surface area contributed by atoms with E-state index < -0.39 is 5.56 Å². The van der Waals surface area contributed by atoms with Gasteiger partial charge in [-0.25, -0.2) is 9.97 Å². The molecule has 0 saturated carbocycles. The molecule has 0 aliphatic heterocycles. The van der Waals surface area contributed by atoms with E-state index in [1.807, 2.05) is 60.7 Å². The van der Waals surface area contributed by atoms with E-state index in [1.54, 1.807) is 0 Å². The molecule has 7 heteroatoms. The monoisotopic (exact) mass is 342 g/mol. The Labute approximate surface area is 148 Å². The van der Waals surface area contributed by atoms with E-state index in [-0.39, 0.29) is 11.5 Å². The summed E-state index contributed by atoms with van der Waals surface area (Å²) in [5.41, 5.74) is 2.39. The first-order valence-electron chi connectivity index (χ1n) is 8.02. The molecule has 0 bridgehead atoms. The lowest BCUT2D eigenvalue weighted by atomic mass is 10.1. The van der Waals surface area contributed by atoms with Crippen LogP contribution in [-0.4, -0.2) is 19.9 Å². The molecule has 0 radical (unpaired) electrons. The molecule has 126 valence electrons. The van der Waals surface area contributed by atoms with Crippen LogP contribution in [0.25, 0.3) is 22.3 Å². The molecule has 0 spiro atoms. The van der Waals surface area contributed by atoms with Crippen molar-refractivity contribution < 1.29 is 0 Å². The summed E-state index contributed by atoms with van der Waals surface area (Å²) in [5.74, 6) is 1.01. The van der Waals surface area contributed by atoms with Crippen LogP contribution < -0.4 is 10.9 Å². The largest absolute Gasteiger partial charge is 0.349 e. The van der Waals surface area contributed by atoms with Crippen LogP contribution in [0.3, 0.4) is 0 Å². The van der Waals surface area contributed by atoms with E-state index >= 15 is 0 Å². The number of rotatable bonds is 4. The van der Waals surface area contributed by atoms with Crippen molar-refractivity contribution in [3.63, 3.8) is 0 Å². The fourth-order valence-corrected chi connectivity index (χ4v) is 2.72. The molecule has 4 aromatic rings. The summed E-state index contributed by atoms with van der Waals surface area (Å²) >= 11 is 0. The normalized spacial score (nSPS) is 10.6. The second kappa shape index (κ2) is 6.53. The van der Waals surface area contributed by atoms with Gasteiger partial charge in [-0.05, 0) is 12.1 Å². The van der Waals surface area contributed by atoms with Gasteiger partial charge in [-0.1, -0.05) is 42.5 Å². The van der Waals surface area contributed by atoms with Crippen LogP contribution in [0.4, 0.5) is 5.95 Å². The van der Waals surface area contributed by atoms with Gasteiger partial charge in [-0.15, -0.1) is 0 Å². The predicted molar refractivity (Wildman–Crippen MR) is 98.4 cm³/mol. The van der Waals surface area contributed by atoms with Gasteiger partial charge in [-0.2, -0.15) is 5.26 Å². The molecule has 0 aliphatic rings. The van der Waals surface area contributed by atoms with Crippen LogP contribution in [0.15, 0.2) is 59.4 Å². The molecule has 2 aromatic carbocycles. The summed E-state index contributed by atoms with van der Waals surface area (Å²) < 4.78 is 0. The van der Waals surface area contributed by atoms with Gasteiger partial charge >= 0.3 is 0 Å². The summed E-state index contributed by atoms with van der Waals surface area (Å²) in [6.45, 7) is 0.359. The number of nitriles is 1. The van der Waals surface area contributed by atoms with Gasteiger partial charge in [0.25, 0.3) is 5.56 Å². The highest BCUT2D eigenvalue weighted by Gasteiger charge is 2.13. The smallest absolute Gasteiger partial charge is 0.270 e. The summed E-state index contributed by atoms with van der Waals surface area (Å²) in [6, 6.07) is 18.8. The standard InChI is InChI=1S/C19H14N6O/c20-10-13-17(12-6-2-1-3-7-12)24-19(25-18(13)26)21-11-16-22-14-8-4-5-9-15(14)23-16/h1-9H,11H2,(H,22,23)(H2,21,24,25,26). The molecule has 0 amide bonds. The number of hydrogen-bond donors (Lipinski definition) is 3. The molecule has 0 aliphatic carbocycles. The number of nitrogens with one attached hydrogen (secondary N) is 3. The van der Waals surface area contributed by atoms with Gasteiger partial charge in [0.1, 0.15) is 17.5 Å². The van der Waals surface area contributed by atoms with Gasteiger partial charge in [0.2, 0.25) is 5.95 Å². The number of fused-ring (bicyclic) bond motifs is 1. The van der Waals surface area contributed by atoms with E-state index in [0.717, 1.165) is 16.9 Å². The van der Waals surface area contributed by atoms with Crippen LogP contribution in [0.1, 0.15) is 11.4 Å². The number of nitrogens with zero attached hydrogens (tertiary/aromatic N) is 3. The topological polar surface area (TPSA) is 110 Å². The number of imidazole rings is 1. The zero-order valence-corrected chi connectivity index (χ0v) is 13.7. The van der Waals surface area contributed by atoms with Crippen molar-refractivity contribution in [2.45, 2.75) is 6.54 Å². The lowest BCUT2D eigenvalue weighted by Crippen LogP contribution is -2.17. The maximum Gasteiger partial charge on any atom is 0.270 e. The zero-order valence-electron chi connectivity index (χ0n) is 13.7. The molecule has 0 unspecified atom stereocenters. The van der Waals surface area contributed by atoms with E-state index in [9.17, 15) is 10.1 Å². The van der Waals surface area contributed by atoms with Crippen molar-refractivity contribution in [3.8, 4) is 17.3 Å². The molecular formula is C19H14N6O. The minimum Gasteiger partial charge on any atom is -0.349 e. The maximum absolute atomic E-state index is 12.2. The van der Waals surface area contributed by atoms with Gasteiger partial charge in [-0.3, -0.25) is 9.78 Å². The molecular weight excluding hydrogens is 328 g/mol. The molecule has 0 fully saturated rings. The number of aromatic amines is 2. The molecule has 4 rings (SSSR count). The van der Waals surface area contributed by atoms with Crippen molar-refractivity contribution in [2.75, 3.05) is 5.32 Å².